The lowest BCUT2D eigenvalue weighted by molar-refractivity contribution is 0.430. The Morgan fingerprint density at radius 1 is 1.31 bits per heavy atom. The molecule has 0 saturated heterocycles. The van der Waals surface area contributed by atoms with Crippen LogP contribution in [0.3, 0.4) is 0 Å². The first kappa shape index (κ1) is 10.7. The first-order chi connectivity index (χ1) is 7.81. The SMILES string of the molecule is CCc1nnc(Cn2cc(CCN)nn2)o1. The van der Waals surface area contributed by atoms with Crippen molar-refractivity contribution in [2.24, 2.45) is 5.73 Å². The molecule has 16 heavy (non-hydrogen) atoms. The van der Waals surface area contributed by atoms with Crippen molar-refractivity contribution >= 4 is 0 Å². The number of nitrogens with two attached hydrogens (primary N) is 1. The molecule has 7 heteroatoms. The van der Waals surface area contributed by atoms with Gasteiger partial charge in [0.15, 0.2) is 0 Å². The minimum atomic E-state index is 0.449. The smallest absolute Gasteiger partial charge is 0.237 e. The van der Waals surface area contributed by atoms with Crippen molar-refractivity contribution in [1.82, 2.24) is 25.2 Å². The highest BCUT2D eigenvalue weighted by Crippen LogP contribution is 2.03. The third kappa shape index (κ3) is 2.43. The summed E-state index contributed by atoms with van der Waals surface area (Å²) in [5.41, 5.74) is 6.30. The predicted molar refractivity (Wildman–Crippen MR) is 55.6 cm³/mol. The monoisotopic (exact) mass is 222 g/mol. The van der Waals surface area contributed by atoms with E-state index in [1.54, 1.807) is 4.68 Å². The summed E-state index contributed by atoms with van der Waals surface area (Å²) in [5, 5.41) is 15.7. The molecule has 0 radical (unpaired) electrons. The molecular weight excluding hydrogens is 208 g/mol. The minimum Gasteiger partial charge on any atom is -0.423 e. The van der Waals surface area contributed by atoms with Gasteiger partial charge in [0.1, 0.15) is 6.54 Å². The van der Waals surface area contributed by atoms with Gasteiger partial charge in [0.05, 0.1) is 5.69 Å². The summed E-state index contributed by atoms with van der Waals surface area (Å²) >= 11 is 0. The molecule has 2 N–H and O–H groups in total. The van der Waals surface area contributed by atoms with Gasteiger partial charge in [0, 0.05) is 19.0 Å². The van der Waals surface area contributed by atoms with E-state index in [-0.39, 0.29) is 0 Å². The average Bonchev–Trinajstić information content (AvgIpc) is 2.89. The summed E-state index contributed by atoms with van der Waals surface area (Å²) in [5.74, 6) is 1.18. The van der Waals surface area contributed by atoms with Gasteiger partial charge in [0.25, 0.3) is 0 Å². The Morgan fingerprint density at radius 2 is 2.12 bits per heavy atom. The van der Waals surface area contributed by atoms with Crippen LogP contribution in [-0.4, -0.2) is 31.7 Å². The fourth-order valence-electron chi connectivity index (χ4n) is 1.31. The fraction of sp³-hybridized carbons (Fsp3) is 0.556. The zero-order chi connectivity index (χ0) is 11.4. The second kappa shape index (κ2) is 4.84. The van der Waals surface area contributed by atoms with E-state index in [0.717, 1.165) is 18.5 Å². The van der Waals surface area contributed by atoms with Crippen molar-refractivity contribution in [3.8, 4) is 0 Å². The number of hydrogen-bond donors (Lipinski definition) is 1. The molecule has 2 aromatic rings. The number of aryl methyl sites for hydroxylation is 1. The van der Waals surface area contributed by atoms with Crippen LogP contribution >= 0.6 is 0 Å². The maximum Gasteiger partial charge on any atom is 0.237 e. The van der Waals surface area contributed by atoms with Gasteiger partial charge < -0.3 is 10.2 Å². The van der Waals surface area contributed by atoms with E-state index in [0.29, 0.717) is 24.9 Å². The quantitative estimate of drug-likeness (QED) is 0.751. The number of nitrogens with zero attached hydrogens (tertiary/aromatic N) is 5. The summed E-state index contributed by atoms with van der Waals surface area (Å²) in [6.07, 6.45) is 3.30. The van der Waals surface area contributed by atoms with Crippen LogP contribution in [0, 0.1) is 0 Å². The molecule has 0 aromatic carbocycles. The summed E-state index contributed by atoms with van der Waals surface area (Å²) < 4.78 is 7.04. The van der Waals surface area contributed by atoms with Crippen LogP contribution in [0.25, 0.3) is 0 Å². The standard InChI is InChI=1S/C9H14N6O/c1-2-8-12-13-9(16-8)6-15-5-7(3-4-10)11-14-15/h5H,2-4,6,10H2,1H3. The van der Waals surface area contributed by atoms with Crippen LogP contribution in [0.2, 0.25) is 0 Å². The van der Waals surface area contributed by atoms with Crippen molar-refractivity contribution < 1.29 is 4.42 Å². The molecule has 0 saturated carbocycles. The number of rotatable bonds is 5. The highest BCUT2D eigenvalue weighted by Gasteiger charge is 2.06. The van der Waals surface area contributed by atoms with Gasteiger partial charge in [-0.1, -0.05) is 12.1 Å². The molecule has 0 atom stereocenters. The molecule has 0 spiro atoms. The zero-order valence-electron chi connectivity index (χ0n) is 9.13. The summed E-state index contributed by atoms with van der Waals surface area (Å²) in [6.45, 7) is 2.98. The predicted octanol–water partition coefficient (Wildman–Crippen LogP) is -0.227. The topological polar surface area (TPSA) is 95.7 Å². The summed E-state index contributed by atoms with van der Waals surface area (Å²) in [4.78, 5) is 0. The molecule has 0 aliphatic carbocycles. The van der Waals surface area contributed by atoms with Crippen LogP contribution in [0.15, 0.2) is 10.6 Å². The van der Waals surface area contributed by atoms with Crippen LogP contribution < -0.4 is 5.73 Å². The van der Waals surface area contributed by atoms with Crippen molar-refractivity contribution in [2.45, 2.75) is 26.3 Å². The van der Waals surface area contributed by atoms with E-state index in [9.17, 15) is 0 Å². The molecule has 2 heterocycles. The second-order valence-corrected chi connectivity index (χ2v) is 3.39. The Bertz CT molecular complexity index is 448. The first-order valence-electron chi connectivity index (χ1n) is 5.22. The van der Waals surface area contributed by atoms with E-state index < -0.39 is 0 Å². The molecule has 86 valence electrons. The maximum atomic E-state index is 5.43. The summed E-state index contributed by atoms with van der Waals surface area (Å²) in [7, 11) is 0. The van der Waals surface area contributed by atoms with Crippen LogP contribution in [0.1, 0.15) is 24.4 Å². The van der Waals surface area contributed by atoms with Gasteiger partial charge in [-0.3, -0.25) is 0 Å². The molecule has 0 aliphatic heterocycles. The molecule has 2 rings (SSSR count). The largest absolute Gasteiger partial charge is 0.423 e. The average molecular weight is 222 g/mol. The van der Waals surface area contributed by atoms with Crippen LogP contribution in [-0.2, 0) is 19.4 Å². The van der Waals surface area contributed by atoms with E-state index in [4.69, 9.17) is 10.2 Å². The third-order valence-electron chi connectivity index (χ3n) is 2.09. The molecule has 0 fully saturated rings. The lowest BCUT2D eigenvalue weighted by Gasteiger charge is -1.93. The zero-order valence-corrected chi connectivity index (χ0v) is 9.13. The van der Waals surface area contributed by atoms with Crippen molar-refractivity contribution in [1.29, 1.82) is 0 Å². The normalized spacial score (nSPS) is 10.9. The lowest BCUT2D eigenvalue weighted by atomic mass is 10.3. The molecule has 2 aromatic heterocycles. The molecule has 7 nitrogen and oxygen atoms in total. The second-order valence-electron chi connectivity index (χ2n) is 3.39. The molecule has 0 unspecified atom stereocenters. The third-order valence-corrected chi connectivity index (χ3v) is 2.09. The van der Waals surface area contributed by atoms with Gasteiger partial charge in [-0.2, -0.15) is 0 Å². The van der Waals surface area contributed by atoms with Gasteiger partial charge >= 0.3 is 0 Å². The molecular formula is C9H14N6O. The molecule has 0 amide bonds. The minimum absolute atomic E-state index is 0.449. The Morgan fingerprint density at radius 3 is 2.81 bits per heavy atom. The van der Waals surface area contributed by atoms with Gasteiger partial charge in [-0.15, -0.1) is 15.3 Å². The van der Waals surface area contributed by atoms with Crippen LogP contribution in [0.5, 0.6) is 0 Å². The van der Waals surface area contributed by atoms with Crippen molar-refractivity contribution in [3.63, 3.8) is 0 Å². The number of aromatic nitrogens is 5. The molecule has 0 bridgehead atoms. The van der Waals surface area contributed by atoms with Gasteiger partial charge in [0.2, 0.25) is 11.8 Å². The fourth-order valence-corrected chi connectivity index (χ4v) is 1.31. The number of hydrogen-bond acceptors (Lipinski definition) is 6. The first-order valence-corrected chi connectivity index (χ1v) is 5.22. The Balaban J connectivity index is 2.02. The van der Waals surface area contributed by atoms with Crippen molar-refractivity contribution in [2.75, 3.05) is 6.54 Å². The van der Waals surface area contributed by atoms with Gasteiger partial charge in [-0.25, -0.2) is 4.68 Å². The Labute approximate surface area is 92.7 Å². The van der Waals surface area contributed by atoms with Gasteiger partial charge in [-0.05, 0) is 6.54 Å². The van der Waals surface area contributed by atoms with Crippen LogP contribution in [0.4, 0.5) is 0 Å². The van der Waals surface area contributed by atoms with E-state index >= 15 is 0 Å². The maximum absolute atomic E-state index is 5.43. The Kier molecular flexibility index (Phi) is 3.25. The lowest BCUT2D eigenvalue weighted by Crippen LogP contribution is -2.03. The van der Waals surface area contributed by atoms with Crippen molar-refractivity contribution in [3.05, 3.63) is 23.7 Å². The van der Waals surface area contributed by atoms with E-state index in [1.165, 1.54) is 0 Å². The Hall–Kier alpha value is -1.76. The summed E-state index contributed by atoms with van der Waals surface area (Å²) in [6, 6.07) is 0. The highest BCUT2D eigenvalue weighted by atomic mass is 16.4. The molecule has 0 aliphatic rings. The van der Waals surface area contributed by atoms with E-state index in [1.807, 2.05) is 13.1 Å². The highest BCUT2D eigenvalue weighted by molar-refractivity contribution is 4.94. The van der Waals surface area contributed by atoms with E-state index in [2.05, 4.69) is 20.5 Å².